The number of carbonyl (C=O) groups is 3. The molecule has 27 heavy (non-hydrogen) atoms. The summed E-state index contributed by atoms with van der Waals surface area (Å²) < 4.78 is 14.6. The lowest BCUT2D eigenvalue weighted by atomic mass is 9.92. The maximum atomic E-state index is 12.6. The molecule has 3 rings (SSSR count). The predicted molar refractivity (Wildman–Crippen MR) is 97.5 cm³/mol. The number of rotatable bonds is 5. The number of ether oxygens (including phenoxy) is 3. The average Bonchev–Trinajstić information content (AvgIpc) is 3.44. The molecule has 0 fully saturated rings. The van der Waals surface area contributed by atoms with Crippen molar-refractivity contribution in [3.8, 4) is 0 Å². The van der Waals surface area contributed by atoms with Gasteiger partial charge in [0.05, 0.1) is 26.9 Å². The van der Waals surface area contributed by atoms with Gasteiger partial charge in [0.25, 0.3) is 0 Å². The second kappa shape index (κ2) is 7.07. The van der Waals surface area contributed by atoms with Gasteiger partial charge in [-0.25, -0.2) is 4.79 Å². The molecule has 1 aliphatic carbocycles. The van der Waals surface area contributed by atoms with Crippen LogP contribution in [0.5, 0.6) is 0 Å². The minimum absolute atomic E-state index is 0.366. The first-order valence-corrected chi connectivity index (χ1v) is 8.18. The van der Waals surface area contributed by atoms with Gasteiger partial charge in [-0.1, -0.05) is 42.5 Å². The van der Waals surface area contributed by atoms with Crippen molar-refractivity contribution in [2.45, 2.75) is 0 Å². The molecule has 2 aromatic rings. The molecule has 0 atom stereocenters. The van der Waals surface area contributed by atoms with Crippen molar-refractivity contribution in [3.63, 3.8) is 0 Å². The molecule has 0 aliphatic heterocycles. The number of hydrogen-bond acceptors (Lipinski definition) is 6. The summed E-state index contributed by atoms with van der Waals surface area (Å²) in [7, 11) is 3.75. The van der Waals surface area contributed by atoms with Crippen molar-refractivity contribution >= 4 is 29.1 Å². The van der Waals surface area contributed by atoms with Crippen molar-refractivity contribution in [2.75, 3.05) is 21.3 Å². The number of esters is 3. The van der Waals surface area contributed by atoms with Crippen molar-refractivity contribution < 1.29 is 28.6 Å². The smallest absolute Gasteiger partial charge is 0.337 e. The van der Waals surface area contributed by atoms with Crippen LogP contribution in [0.1, 0.15) is 21.5 Å². The first kappa shape index (κ1) is 18.4. The predicted octanol–water partition coefficient (Wildman–Crippen LogP) is 2.73. The molecule has 6 heteroatoms. The molecular weight excluding hydrogens is 348 g/mol. The van der Waals surface area contributed by atoms with E-state index in [0.29, 0.717) is 22.3 Å². The molecule has 0 spiro atoms. The van der Waals surface area contributed by atoms with E-state index < -0.39 is 23.3 Å². The third kappa shape index (κ3) is 2.79. The Morgan fingerprint density at radius 3 is 1.59 bits per heavy atom. The number of carbonyl (C=O) groups excluding carboxylic acids is 3. The minimum atomic E-state index is -1.61. The zero-order chi connectivity index (χ0) is 19.6. The van der Waals surface area contributed by atoms with Crippen LogP contribution in [0.15, 0.2) is 54.6 Å². The van der Waals surface area contributed by atoms with Crippen molar-refractivity contribution in [1.82, 2.24) is 0 Å². The molecule has 138 valence electrons. The molecule has 0 radical (unpaired) electrons. The van der Waals surface area contributed by atoms with E-state index in [0.717, 1.165) is 5.56 Å². The van der Waals surface area contributed by atoms with E-state index in [1.54, 1.807) is 24.3 Å². The Kier molecular flexibility index (Phi) is 4.81. The highest BCUT2D eigenvalue weighted by Crippen LogP contribution is 2.64. The van der Waals surface area contributed by atoms with Crippen LogP contribution in [0.25, 0.3) is 11.1 Å². The van der Waals surface area contributed by atoms with Crippen molar-refractivity contribution in [2.24, 2.45) is 5.41 Å². The first-order valence-electron chi connectivity index (χ1n) is 8.18. The van der Waals surface area contributed by atoms with Crippen LogP contribution in [-0.4, -0.2) is 39.2 Å². The minimum Gasteiger partial charge on any atom is -0.468 e. The van der Waals surface area contributed by atoms with E-state index in [4.69, 9.17) is 14.2 Å². The van der Waals surface area contributed by atoms with Gasteiger partial charge in [0.2, 0.25) is 5.41 Å². The molecule has 0 bridgehead atoms. The van der Waals surface area contributed by atoms with E-state index >= 15 is 0 Å². The standard InChI is InChI=1S/C21H18O6/c1-25-18(22)15-11-9-14(10-12-15)17-16(13-7-5-4-6-8-13)21(17,19(23)26-2)20(24)27-3/h4-12H,1-3H3. The van der Waals surface area contributed by atoms with Crippen molar-refractivity contribution in [3.05, 3.63) is 71.3 Å². The topological polar surface area (TPSA) is 78.9 Å². The molecule has 0 heterocycles. The normalized spacial score (nSPS) is 14.3. The summed E-state index contributed by atoms with van der Waals surface area (Å²) in [5.74, 6) is -1.89. The molecule has 2 aromatic carbocycles. The van der Waals surface area contributed by atoms with E-state index in [1.807, 2.05) is 30.3 Å². The molecule has 0 unspecified atom stereocenters. The van der Waals surface area contributed by atoms with Crippen LogP contribution in [0.3, 0.4) is 0 Å². The van der Waals surface area contributed by atoms with Gasteiger partial charge < -0.3 is 14.2 Å². The molecule has 0 saturated carbocycles. The van der Waals surface area contributed by atoms with Crippen LogP contribution in [-0.2, 0) is 23.8 Å². The molecular formula is C21H18O6. The van der Waals surface area contributed by atoms with E-state index in [-0.39, 0.29) is 0 Å². The third-order valence-electron chi connectivity index (χ3n) is 4.58. The Bertz CT molecular complexity index is 909. The van der Waals surface area contributed by atoms with Gasteiger partial charge in [0, 0.05) is 0 Å². The summed E-state index contributed by atoms with van der Waals surface area (Å²) in [4.78, 5) is 36.9. The second-order valence-corrected chi connectivity index (χ2v) is 5.92. The second-order valence-electron chi connectivity index (χ2n) is 5.92. The van der Waals surface area contributed by atoms with E-state index in [9.17, 15) is 14.4 Å². The SMILES string of the molecule is COC(=O)c1ccc(C2=C(c3ccccc3)C2(C(=O)OC)C(=O)OC)cc1. The van der Waals surface area contributed by atoms with Gasteiger partial charge in [-0.15, -0.1) is 0 Å². The summed E-state index contributed by atoms with van der Waals surface area (Å²) in [5, 5.41) is 0. The zero-order valence-electron chi connectivity index (χ0n) is 15.1. The number of benzene rings is 2. The Labute approximate surface area is 156 Å². The fraction of sp³-hybridized carbons (Fsp3) is 0.190. The van der Waals surface area contributed by atoms with Gasteiger partial charge in [-0.3, -0.25) is 9.59 Å². The summed E-state index contributed by atoms with van der Waals surface area (Å²) >= 11 is 0. The molecule has 1 aliphatic rings. The lowest BCUT2D eigenvalue weighted by molar-refractivity contribution is -0.158. The fourth-order valence-electron chi connectivity index (χ4n) is 3.30. The first-order chi connectivity index (χ1) is 13.0. The fourth-order valence-corrected chi connectivity index (χ4v) is 3.30. The summed E-state index contributed by atoms with van der Waals surface area (Å²) in [5.41, 5.74) is 1.14. The molecule has 0 N–H and O–H groups in total. The summed E-state index contributed by atoms with van der Waals surface area (Å²) in [6.45, 7) is 0. The van der Waals surface area contributed by atoms with E-state index in [1.165, 1.54) is 21.3 Å². The van der Waals surface area contributed by atoms with Crippen LogP contribution in [0.2, 0.25) is 0 Å². The molecule has 0 aromatic heterocycles. The molecule has 6 nitrogen and oxygen atoms in total. The lowest BCUT2D eigenvalue weighted by Crippen LogP contribution is -2.32. The van der Waals surface area contributed by atoms with Crippen LogP contribution < -0.4 is 0 Å². The number of methoxy groups -OCH3 is 3. The monoisotopic (exact) mass is 366 g/mol. The van der Waals surface area contributed by atoms with Gasteiger partial charge in [-0.05, 0) is 34.4 Å². The number of hydrogen-bond donors (Lipinski definition) is 0. The third-order valence-corrected chi connectivity index (χ3v) is 4.58. The molecule has 0 saturated heterocycles. The Morgan fingerprint density at radius 2 is 1.15 bits per heavy atom. The lowest BCUT2D eigenvalue weighted by Gasteiger charge is -2.15. The maximum absolute atomic E-state index is 12.6. The summed E-state index contributed by atoms with van der Waals surface area (Å²) in [6.07, 6.45) is 0. The van der Waals surface area contributed by atoms with Gasteiger partial charge in [0.1, 0.15) is 0 Å². The maximum Gasteiger partial charge on any atom is 0.337 e. The zero-order valence-corrected chi connectivity index (χ0v) is 15.1. The highest BCUT2D eigenvalue weighted by atomic mass is 16.5. The average molecular weight is 366 g/mol. The Morgan fingerprint density at radius 1 is 0.667 bits per heavy atom. The van der Waals surface area contributed by atoms with E-state index in [2.05, 4.69) is 0 Å². The van der Waals surface area contributed by atoms with Gasteiger partial charge in [-0.2, -0.15) is 0 Å². The Hall–Kier alpha value is -3.41. The van der Waals surface area contributed by atoms with Crippen LogP contribution in [0.4, 0.5) is 0 Å². The highest BCUT2D eigenvalue weighted by Gasteiger charge is 2.67. The quantitative estimate of drug-likeness (QED) is 0.460. The van der Waals surface area contributed by atoms with Crippen LogP contribution in [0, 0.1) is 5.41 Å². The molecule has 0 amide bonds. The Balaban J connectivity index is 2.15. The largest absolute Gasteiger partial charge is 0.468 e. The highest BCUT2D eigenvalue weighted by molar-refractivity contribution is 6.38. The summed E-state index contributed by atoms with van der Waals surface area (Å²) in [6, 6.07) is 15.6. The van der Waals surface area contributed by atoms with Gasteiger partial charge in [0.15, 0.2) is 0 Å². The van der Waals surface area contributed by atoms with Crippen LogP contribution >= 0.6 is 0 Å². The van der Waals surface area contributed by atoms with Crippen molar-refractivity contribution in [1.29, 1.82) is 0 Å². The van der Waals surface area contributed by atoms with Gasteiger partial charge >= 0.3 is 17.9 Å².